The van der Waals surface area contributed by atoms with Gasteiger partial charge in [-0.15, -0.1) is 0 Å². The van der Waals surface area contributed by atoms with Crippen molar-refractivity contribution in [1.82, 2.24) is 9.80 Å². The first kappa shape index (κ1) is 17.2. The van der Waals surface area contributed by atoms with Crippen LogP contribution < -0.4 is 11.1 Å². The highest BCUT2D eigenvalue weighted by atomic mass is 16.3. The Morgan fingerprint density at radius 2 is 1.80 bits per heavy atom. The molecule has 7 heteroatoms. The molecule has 2 aromatic rings. The Morgan fingerprint density at radius 1 is 1.12 bits per heavy atom. The zero-order valence-electron chi connectivity index (χ0n) is 14.2. The zero-order chi connectivity index (χ0) is 17.8. The Kier molecular flexibility index (Phi) is 5.16. The standard InChI is InChI=1S/C18H22N4O3/c1-21-6-8-22(9-7-21)18(24)13-2-4-15(5-3-13)20-17(23)14-10-16(11-19)25-12-14/h2-5,10,12H,6-9,11,19H2,1H3,(H,20,23). The number of nitrogens with two attached hydrogens (primary N) is 1. The summed E-state index contributed by atoms with van der Waals surface area (Å²) in [6.45, 7) is 3.48. The van der Waals surface area contributed by atoms with E-state index in [9.17, 15) is 9.59 Å². The molecule has 25 heavy (non-hydrogen) atoms. The van der Waals surface area contributed by atoms with Gasteiger partial charge in [0.25, 0.3) is 11.8 Å². The molecule has 0 radical (unpaired) electrons. The molecule has 0 atom stereocenters. The van der Waals surface area contributed by atoms with Gasteiger partial charge in [0.2, 0.25) is 0 Å². The van der Waals surface area contributed by atoms with Gasteiger partial charge in [-0.2, -0.15) is 0 Å². The van der Waals surface area contributed by atoms with Crippen LogP contribution in [0.4, 0.5) is 5.69 Å². The lowest BCUT2D eigenvalue weighted by atomic mass is 10.1. The fourth-order valence-corrected chi connectivity index (χ4v) is 2.70. The average molecular weight is 342 g/mol. The van der Waals surface area contributed by atoms with Crippen LogP contribution in [0.2, 0.25) is 0 Å². The van der Waals surface area contributed by atoms with Gasteiger partial charge in [0, 0.05) is 37.4 Å². The summed E-state index contributed by atoms with van der Waals surface area (Å²) in [6, 6.07) is 8.53. The smallest absolute Gasteiger partial charge is 0.258 e. The lowest BCUT2D eigenvalue weighted by Gasteiger charge is -2.32. The van der Waals surface area contributed by atoms with E-state index >= 15 is 0 Å². The quantitative estimate of drug-likeness (QED) is 0.876. The van der Waals surface area contributed by atoms with Gasteiger partial charge in [-0.05, 0) is 37.4 Å². The first-order chi connectivity index (χ1) is 12.1. The van der Waals surface area contributed by atoms with E-state index in [1.165, 1.54) is 6.26 Å². The highest BCUT2D eigenvalue weighted by molar-refractivity contribution is 6.04. The fourth-order valence-electron chi connectivity index (χ4n) is 2.70. The van der Waals surface area contributed by atoms with Crippen molar-refractivity contribution in [1.29, 1.82) is 0 Å². The molecule has 3 rings (SSSR count). The highest BCUT2D eigenvalue weighted by Crippen LogP contribution is 2.15. The summed E-state index contributed by atoms with van der Waals surface area (Å²) in [6.07, 6.45) is 1.38. The Balaban J connectivity index is 1.61. The van der Waals surface area contributed by atoms with Crippen molar-refractivity contribution < 1.29 is 14.0 Å². The normalized spacial score (nSPS) is 15.2. The van der Waals surface area contributed by atoms with E-state index in [-0.39, 0.29) is 18.4 Å². The zero-order valence-corrected chi connectivity index (χ0v) is 14.2. The third-order valence-corrected chi connectivity index (χ3v) is 4.30. The lowest BCUT2D eigenvalue weighted by Crippen LogP contribution is -2.47. The average Bonchev–Trinajstić information content (AvgIpc) is 3.12. The monoisotopic (exact) mass is 342 g/mol. The van der Waals surface area contributed by atoms with E-state index in [2.05, 4.69) is 17.3 Å². The van der Waals surface area contributed by atoms with Crippen LogP contribution in [0.25, 0.3) is 0 Å². The van der Waals surface area contributed by atoms with Crippen LogP contribution in [0, 0.1) is 0 Å². The number of piperazine rings is 1. The number of nitrogens with zero attached hydrogens (tertiary/aromatic N) is 2. The van der Waals surface area contributed by atoms with E-state index < -0.39 is 0 Å². The summed E-state index contributed by atoms with van der Waals surface area (Å²) < 4.78 is 5.16. The number of amides is 2. The SMILES string of the molecule is CN1CCN(C(=O)c2ccc(NC(=O)c3coc(CN)c3)cc2)CC1. The number of carbonyl (C=O) groups excluding carboxylic acids is 2. The molecule has 0 unspecified atom stereocenters. The Morgan fingerprint density at radius 3 is 2.40 bits per heavy atom. The van der Waals surface area contributed by atoms with Crippen molar-refractivity contribution in [2.75, 3.05) is 38.5 Å². The first-order valence-corrected chi connectivity index (χ1v) is 8.23. The topological polar surface area (TPSA) is 91.8 Å². The van der Waals surface area contributed by atoms with Crippen LogP contribution in [-0.2, 0) is 6.54 Å². The molecule has 2 heterocycles. The van der Waals surface area contributed by atoms with Gasteiger partial charge < -0.3 is 25.3 Å². The van der Waals surface area contributed by atoms with Crippen LogP contribution >= 0.6 is 0 Å². The summed E-state index contributed by atoms with van der Waals surface area (Å²) in [4.78, 5) is 28.7. The molecule has 3 N–H and O–H groups in total. The number of benzene rings is 1. The van der Waals surface area contributed by atoms with Crippen LogP contribution in [-0.4, -0.2) is 54.8 Å². The Hall–Kier alpha value is -2.64. The molecule has 2 amide bonds. The van der Waals surface area contributed by atoms with Crippen LogP contribution in [0.15, 0.2) is 41.0 Å². The molecule has 1 aromatic heterocycles. The molecule has 1 aromatic carbocycles. The Labute approximate surface area is 146 Å². The van der Waals surface area contributed by atoms with E-state index in [0.29, 0.717) is 22.6 Å². The second kappa shape index (κ2) is 7.50. The molecule has 7 nitrogen and oxygen atoms in total. The van der Waals surface area contributed by atoms with Crippen LogP contribution in [0.1, 0.15) is 26.5 Å². The number of hydrogen-bond donors (Lipinski definition) is 2. The maximum absolute atomic E-state index is 12.5. The molecule has 0 spiro atoms. The predicted molar refractivity (Wildman–Crippen MR) is 94.4 cm³/mol. The number of rotatable bonds is 4. The van der Waals surface area contributed by atoms with Crippen molar-refractivity contribution in [2.45, 2.75) is 6.54 Å². The molecule has 0 aliphatic carbocycles. The van der Waals surface area contributed by atoms with Gasteiger partial charge in [0.15, 0.2) is 0 Å². The molecule has 0 saturated carbocycles. The molecule has 1 saturated heterocycles. The number of carbonyl (C=O) groups is 2. The van der Waals surface area contributed by atoms with Crippen molar-refractivity contribution in [2.24, 2.45) is 5.73 Å². The summed E-state index contributed by atoms with van der Waals surface area (Å²) in [5, 5.41) is 2.78. The first-order valence-electron chi connectivity index (χ1n) is 8.23. The highest BCUT2D eigenvalue weighted by Gasteiger charge is 2.20. The van der Waals surface area contributed by atoms with Gasteiger partial charge in [-0.1, -0.05) is 0 Å². The summed E-state index contributed by atoms with van der Waals surface area (Å²) in [5.74, 6) is 0.299. The maximum atomic E-state index is 12.5. The number of hydrogen-bond acceptors (Lipinski definition) is 5. The van der Waals surface area contributed by atoms with Crippen molar-refractivity contribution in [3.8, 4) is 0 Å². The number of furan rings is 1. The van der Waals surface area contributed by atoms with Crippen LogP contribution in [0.5, 0.6) is 0 Å². The second-order valence-corrected chi connectivity index (χ2v) is 6.13. The minimum absolute atomic E-state index is 0.0217. The maximum Gasteiger partial charge on any atom is 0.258 e. The fraction of sp³-hybridized carbons (Fsp3) is 0.333. The summed E-state index contributed by atoms with van der Waals surface area (Å²) >= 11 is 0. The summed E-state index contributed by atoms with van der Waals surface area (Å²) in [5.41, 5.74) is 7.12. The number of likely N-dealkylation sites (N-methyl/N-ethyl adjacent to an activating group) is 1. The van der Waals surface area contributed by atoms with E-state index in [0.717, 1.165) is 26.2 Å². The molecular weight excluding hydrogens is 320 g/mol. The molecule has 0 bridgehead atoms. The minimum Gasteiger partial charge on any atom is -0.467 e. The molecule has 132 valence electrons. The number of anilines is 1. The lowest BCUT2D eigenvalue weighted by molar-refractivity contribution is 0.0664. The van der Waals surface area contributed by atoms with Gasteiger partial charge in [-0.25, -0.2) is 0 Å². The second-order valence-electron chi connectivity index (χ2n) is 6.13. The van der Waals surface area contributed by atoms with Gasteiger partial charge in [0.1, 0.15) is 12.0 Å². The van der Waals surface area contributed by atoms with E-state index in [4.69, 9.17) is 10.2 Å². The molecule has 1 aliphatic heterocycles. The number of nitrogens with one attached hydrogen (secondary N) is 1. The van der Waals surface area contributed by atoms with Gasteiger partial charge in [0.05, 0.1) is 12.1 Å². The summed E-state index contributed by atoms with van der Waals surface area (Å²) in [7, 11) is 2.05. The van der Waals surface area contributed by atoms with Crippen molar-refractivity contribution in [3.05, 3.63) is 53.5 Å². The molecular formula is C18H22N4O3. The molecule has 1 aliphatic rings. The largest absolute Gasteiger partial charge is 0.467 e. The third kappa shape index (κ3) is 4.07. The van der Waals surface area contributed by atoms with Crippen LogP contribution in [0.3, 0.4) is 0 Å². The van der Waals surface area contributed by atoms with E-state index in [1.807, 2.05) is 4.90 Å². The van der Waals surface area contributed by atoms with Crippen molar-refractivity contribution >= 4 is 17.5 Å². The van der Waals surface area contributed by atoms with Crippen molar-refractivity contribution in [3.63, 3.8) is 0 Å². The minimum atomic E-state index is -0.276. The van der Waals surface area contributed by atoms with Gasteiger partial charge >= 0.3 is 0 Å². The third-order valence-electron chi connectivity index (χ3n) is 4.30. The molecule has 1 fully saturated rings. The predicted octanol–water partition coefficient (Wildman–Crippen LogP) is 1.38. The van der Waals surface area contributed by atoms with E-state index in [1.54, 1.807) is 30.3 Å². The van der Waals surface area contributed by atoms with Gasteiger partial charge in [-0.3, -0.25) is 9.59 Å². The Bertz CT molecular complexity index is 746.